The molecule has 1 unspecified atom stereocenters. The number of hydrogen-bond acceptors (Lipinski definition) is 2. The molecule has 0 N–H and O–H groups in total. The molecule has 40 valence electrons. The van der Waals surface area contributed by atoms with E-state index in [-0.39, 0.29) is 37.6 Å². The van der Waals surface area contributed by atoms with Crippen LogP contribution in [-0.2, 0) is 15.6 Å². The third kappa shape index (κ3) is 11.0. The van der Waals surface area contributed by atoms with Crippen LogP contribution < -0.4 is 29.6 Å². The molecule has 0 aliphatic heterocycles. The van der Waals surface area contributed by atoms with Crippen LogP contribution in [0.4, 0.5) is 3.89 Å². The van der Waals surface area contributed by atoms with Gasteiger partial charge in [0.15, 0.2) is 0 Å². The smallest absolute Gasteiger partial charge is 1.00 e. The normalized spacial score (nSPS) is 12.3. The summed E-state index contributed by atoms with van der Waals surface area (Å²) in [5, 5.41) is 0. The molecule has 0 radical (unpaired) electrons. The number of halogens is 1. The van der Waals surface area contributed by atoms with E-state index < -0.39 is 11.5 Å². The van der Waals surface area contributed by atoms with Gasteiger partial charge in [0.05, 0.1) is 6.61 Å². The fraction of sp³-hybridized carbons (Fsp3) is 1.00. The van der Waals surface area contributed by atoms with Gasteiger partial charge in [0.2, 0.25) is 0 Å². The second-order valence-electron chi connectivity index (χ2n) is 0.601. The minimum atomic E-state index is -2.57. The van der Waals surface area contributed by atoms with Gasteiger partial charge < -0.3 is 1.43 Å². The summed E-state index contributed by atoms with van der Waals surface area (Å²) in [7, 11) is 0. The Hall–Kier alpha value is 1.04. The Morgan fingerprint density at radius 1 is 2.00 bits per heavy atom. The predicted octanol–water partition coefficient (Wildman–Crippen LogP) is -2.31. The first-order chi connectivity index (χ1) is 2.77. The first-order valence-corrected chi connectivity index (χ1v) is 2.46. The second-order valence-corrected chi connectivity index (χ2v) is 1.22. The van der Waals surface area contributed by atoms with Crippen LogP contribution >= 0.6 is 0 Å². The summed E-state index contributed by atoms with van der Waals surface area (Å²) >= 11 is -2.57. The minimum absolute atomic E-state index is 0. The van der Waals surface area contributed by atoms with E-state index >= 15 is 0 Å². The van der Waals surface area contributed by atoms with E-state index in [0.717, 1.165) is 0 Å². The van der Waals surface area contributed by atoms with Crippen molar-refractivity contribution in [1.29, 1.82) is 0 Å². The van der Waals surface area contributed by atoms with E-state index in [1.54, 1.807) is 6.92 Å². The first-order valence-electron chi connectivity index (χ1n) is 1.48. The van der Waals surface area contributed by atoms with Crippen molar-refractivity contribution >= 4 is 11.5 Å². The van der Waals surface area contributed by atoms with Crippen molar-refractivity contribution in [3.63, 3.8) is 0 Å². The molecule has 0 amide bonds. The zero-order valence-electron chi connectivity index (χ0n) is 5.31. The second kappa shape index (κ2) is 7.04. The summed E-state index contributed by atoms with van der Waals surface area (Å²) in [5.41, 5.74) is 0. The van der Waals surface area contributed by atoms with Crippen molar-refractivity contribution in [2.45, 2.75) is 6.92 Å². The molecule has 0 aromatic rings. The monoisotopic (exact) mass is 136 g/mol. The summed E-state index contributed by atoms with van der Waals surface area (Å²) in [4.78, 5) is 0. The maximum absolute atomic E-state index is 11.0. The van der Waals surface area contributed by atoms with Crippen molar-refractivity contribution in [3.05, 3.63) is 0 Å². The quantitative estimate of drug-likeness (QED) is 0.315. The molecule has 0 bridgehead atoms. The Bertz CT molecular complexity index is 64.0. The fourth-order valence-electron chi connectivity index (χ4n) is 0.0927. The molecule has 5 heteroatoms. The van der Waals surface area contributed by atoms with Gasteiger partial charge in [-0.25, -0.2) is 0 Å². The summed E-state index contributed by atoms with van der Waals surface area (Å²) in [5.74, 6) is 0. The third-order valence-corrected chi connectivity index (χ3v) is 0.632. The molecular formula is C2H6FNaO2S. The van der Waals surface area contributed by atoms with Crippen LogP contribution in [0.2, 0.25) is 0 Å². The average molecular weight is 136 g/mol. The van der Waals surface area contributed by atoms with Gasteiger partial charge in [0.25, 0.3) is 0 Å². The molecule has 0 rings (SSSR count). The summed E-state index contributed by atoms with van der Waals surface area (Å²) in [6.07, 6.45) is 0. The molecule has 0 aromatic carbocycles. The minimum Gasteiger partial charge on any atom is -1.00 e. The van der Waals surface area contributed by atoms with Crippen LogP contribution in [-0.4, -0.2) is 10.8 Å². The largest absolute Gasteiger partial charge is 1.00 e. The Balaban J connectivity index is -0.000000125. The predicted molar refractivity (Wildman–Crippen MR) is 22.0 cm³/mol. The fourth-order valence-corrected chi connectivity index (χ4v) is 0.278. The van der Waals surface area contributed by atoms with Gasteiger partial charge in [-0.1, -0.05) is 0 Å². The molecule has 0 aliphatic rings. The Kier molecular flexibility index (Phi) is 11.0. The molecule has 2 nitrogen and oxygen atoms in total. The Morgan fingerprint density at radius 3 is 2.43 bits per heavy atom. The SMILES string of the molecule is CCOS(=O)F.[H-].[Na+]. The van der Waals surface area contributed by atoms with Crippen LogP contribution in [0.3, 0.4) is 0 Å². The van der Waals surface area contributed by atoms with Crippen molar-refractivity contribution in [2.75, 3.05) is 6.61 Å². The maximum atomic E-state index is 11.0. The average Bonchev–Trinajstić information content (AvgIpc) is 1.35. The van der Waals surface area contributed by atoms with Gasteiger partial charge in [0, 0.05) is 0 Å². The zero-order chi connectivity index (χ0) is 4.99. The van der Waals surface area contributed by atoms with Crippen LogP contribution in [0, 0.1) is 0 Å². The van der Waals surface area contributed by atoms with E-state index in [9.17, 15) is 8.09 Å². The molecule has 0 heterocycles. The van der Waals surface area contributed by atoms with E-state index in [1.807, 2.05) is 0 Å². The molecule has 1 atom stereocenters. The third-order valence-electron chi connectivity index (χ3n) is 0.211. The maximum Gasteiger partial charge on any atom is 1.00 e. The molecule has 0 aliphatic carbocycles. The van der Waals surface area contributed by atoms with Crippen molar-refractivity contribution in [2.24, 2.45) is 0 Å². The van der Waals surface area contributed by atoms with Gasteiger partial charge in [-0.3, -0.25) is 4.18 Å². The van der Waals surface area contributed by atoms with Gasteiger partial charge >= 0.3 is 41.0 Å². The van der Waals surface area contributed by atoms with Gasteiger partial charge in [0.1, 0.15) is 0 Å². The molecule has 0 aromatic heterocycles. The molecule has 0 saturated carbocycles. The standard InChI is InChI=1S/C2H5FO2S.Na.H/c1-2-5-6(3)4;;/h2H2,1H3;;/q;+1;-1. The van der Waals surface area contributed by atoms with E-state index in [1.165, 1.54) is 0 Å². The van der Waals surface area contributed by atoms with E-state index in [4.69, 9.17) is 0 Å². The number of hydrogen-bond donors (Lipinski definition) is 0. The van der Waals surface area contributed by atoms with Crippen LogP contribution in [0.25, 0.3) is 0 Å². The topological polar surface area (TPSA) is 26.3 Å². The van der Waals surface area contributed by atoms with Gasteiger partial charge in [-0.2, -0.15) is 4.21 Å². The van der Waals surface area contributed by atoms with Gasteiger partial charge in [-0.05, 0) is 6.92 Å². The van der Waals surface area contributed by atoms with E-state index in [2.05, 4.69) is 4.18 Å². The van der Waals surface area contributed by atoms with Crippen LogP contribution in [0.5, 0.6) is 0 Å². The summed E-state index contributed by atoms with van der Waals surface area (Å²) in [6.45, 7) is 1.72. The van der Waals surface area contributed by atoms with Crippen molar-refractivity contribution in [3.8, 4) is 0 Å². The van der Waals surface area contributed by atoms with Crippen molar-refractivity contribution < 1.29 is 43.3 Å². The summed E-state index contributed by atoms with van der Waals surface area (Å²) in [6, 6.07) is 0. The molecular weight excluding hydrogens is 130 g/mol. The Morgan fingerprint density at radius 2 is 2.43 bits per heavy atom. The molecule has 0 spiro atoms. The molecule has 0 saturated heterocycles. The summed E-state index contributed by atoms with van der Waals surface area (Å²) < 4.78 is 24.1. The molecule has 7 heavy (non-hydrogen) atoms. The van der Waals surface area contributed by atoms with Gasteiger partial charge in [-0.15, -0.1) is 3.89 Å². The van der Waals surface area contributed by atoms with Crippen LogP contribution in [0.1, 0.15) is 8.35 Å². The van der Waals surface area contributed by atoms with E-state index in [0.29, 0.717) is 0 Å². The Labute approximate surface area is 68.2 Å². The molecule has 0 fully saturated rings. The number of rotatable bonds is 2. The van der Waals surface area contributed by atoms with Crippen molar-refractivity contribution in [1.82, 2.24) is 0 Å². The van der Waals surface area contributed by atoms with Crippen LogP contribution in [0.15, 0.2) is 0 Å². The first kappa shape index (κ1) is 10.9. The zero-order valence-corrected chi connectivity index (χ0v) is 7.13.